The molecule has 0 spiro atoms. The van der Waals surface area contributed by atoms with Crippen LogP contribution in [-0.4, -0.2) is 65.8 Å². The molecule has 0 bridgehead atoms. The molecule has 3 rings (SSSR count). The zero-order chi connectivity index (χ0) is 17.6. The van der Waals surface area contributed by atoms with Gasteiger partial charge in [-0.2, -0.15) is 0 Å². The van der Waals surface area contributed by atoms with Crippen molar-refractivity contribution in [1.29, 1.82) is 0 Å². The third-order valence-corrected chi connectivity index (χ3v) is 5.29. The van der Waals surface area contributed by atoms with Crippen LogP contribution < -0.4 is 0 Å². The van der Waals surface area contributed by atoms with Crippen molar-refractivity contribution in [2.75, 3.05) is 39.3 Å². The summed E-state index contributed by atoms with van der Waals surface area (Å²) in [5.41, 5.74) is 1.30. The van der Waals surface area contributed by atoms with E-state index in [1.165, 1.54) is 12.0 Å². The van der Waals surface area contributed by atoms with E-state index in [0.717, 1.165) is 52.2 Å². The van der Waals surface area contributed by atoms with Gasteiger partial charge in [0.1, 0.15) is 6.42 Å². The average Bonchev–Trinajstić information content (AvgIpc) is 2.63. The van der Waals surface area contributed by atoms with Crippen LogP contribution in [0.3, 0.4) is 0 Å². The standard InChI is InChI=1S/C20H29N3O2/c1-17-6-5-9-23(15-17)20(25)14-19(24)22-12-10-21(11-13-22)16-18-7-3-2-4-8-18/h2-4,7-8,17H,5-6,9-16H2,1H3. The van der Waals surface area contributed by atoms with Gasteiger partial charge in [0, 0.05) is 45.8 Å². The lowest BCUT2D eigenvalue weighted by atomic mass is 10.00. The molecule has 25 heavy (non-hydrogen) atoms. The summed E-state index contributed by atoms with van der Waals surface area (Å²) in [5, 5.41) is 0. The zero-order valence-corrected chi connectivity index (χ0v) is 15.2. The van der Waals surface area contributed by atoms with Crippen LogP contribution >= 0.6 is 0 Å². The van der Waals surface area contributed by atoms with Crippen LogP contribution in [-0.2, 0) is 16.1 Å². The largest absolute Gasteiger partial charge is 0.342 e. The first kappa shape index (κ1) is 17.9. The molecule has 5 nitrogen and oxygen atoms in total. The third-order valence-electron chi connectivity index (χ3n) is 5.29. The Bertz CT molecular complexity index is 582. The molecule has 0 saturated carbocycles. The second kappa shape index (κ2) is 8.48. The van der Waals surface area contributed by atoms with E-state index in [4.69, 9.17) is 0 Å². The quantitative estimate of drug-likeness (QED) is 0.785. The number of nitrogens with zero attached hydrogens (tertiary/aromatic N) is 3. The molecule has 1 aromatic rings. The maximum Gasteiger partial charge on any atom is 0.232 e. The first-order chi connectivity index (χ1) is 12.1. The van der Waals surface area contributed by atoms with Crippen LogP contribution in [0, 0.1) is 5.92 Å². The molecule has 1 atom stereocenters. The molecule has 2 amide bonds. The number of likely N-dealkylation sites (tertiary alicyclic amines) is 1. The summed E-state index contributed by atoms with van der Waals surface area (Å²) in [6, 6.07) is 10.4. The molecule has 136 valence electrons. The predicted octanol–water partition coefficient (Wildman–Crippen LogP) is 1.98. The van der Waals surface area contributed by atoms with Crippen molar-refractivity contribution in [2.45, 2.75) is 32.7 Å². The monoisotopic (exact) mass is 343 g/mol. The molecule has 0 aliphatic carbocycles. The number of rotatable bonds is 4. The fourth-order valence-corrected chi connectivity index (χ4v) is 3.77. The second-order valence-electron chi connectivity index (χ2n) is 7.41. The Morgan fingerprint density at radius 1 is 0.960 bits per heavy atom. The van der Waals surface area contributed by atoms with E-state index in [1.54, 1.807) is 0 Å². The first-order valence-corrected chi connectivity index (χ1v) is 9.43. The van der Waals surface area contributed by atoms with Crippen molar-refractivity contribution in [2.24, 2.45) is 5.92 Å². The number of carbonyl (C=O) groups is 2. The van der Waals surface area contributed by atoms with E-state index in [2.05, 4.69) is 36.1 Å². The highest BCUT2D eigenvalue weighted by molar-refractivity contribution is 5.97. The highest BCUT2D eigenvalue weighted by Gasteiger charge is 2.26. The van der Waals surface area contributed by atoms with Gasteiger partial charge < -0.3 is 9.80 Å². The molecular weight excluding hydrogens is 314 g/mol. The fraction of sp³-hybridized carbons (Fsp3) is 0.600. The maximum atomic E-state index is 12.5. The predicted molar refractivity (Wildman–Crippen MR) is 97.9 cm³/mol. The number of carbonyl (C=O) groups excluding carboxylic acids is 2. The summed E-state index contributed by atoms with van der Waals surface area (Å²) in [6.45, 7) is 7.88. The number of piperidine rings is 1. The van der Waals surface area contributed by atoms with Gasteiger partial charge in [-0.15, -0.1) is 0 Å². The molecule has 2 aliphatic heterocycles. The molecule has 0 aromatic heterocycles. The smallest absolute Gasteiger partial charge is 0.232 e. The SMILES string of the molecule is CC1CCCN(C(=O)CC(=O)N2CCN(Cc3ccccc3)CC2)C1. The van der Waals surface area contributed by atoms with Crippen molar-refractivity contribution < 1.29 is 9.59 Å². The molecule has 1 aromatic carbocycles. The van der Waals surface area contributed by atoms with Crippen molar-refractivity contribution >= 4 is 11.8 Å². The molecule has 2 aliphatic rings. The zero-order valence-electron chi connectivity index (χ0n) is 15.2. The van der Waals surface area contributed by atoms with Gasteiger partial charge >= 0.3 is 0 Å². The second-order valence-corrected chi connectivity index (χ2v) is 7.41. The van der Waals surface area contributed by atoms with Gasteiger partial charge in [-0.05, 0) is 24.3 Å². The summed E-state index contributed by atoms with van der Waals surface area (Å²) < 4.78 is 0. The van der Waals surface area contributed by atoms with Crippen molar-refractivity contribution in [3.63, 3.8) is 0 Å². The summed E-state index contributed by atoms with van der Waals surface area (Å²) in [4.78, 5) is 30.9. The Kier molecular flexibility index (Phi) is 6.08. The molecule has 1 unspecified atom stereocenters. The summed E-state index contributed by atoms with van der Waals surface area (Å²) in [7, 11) is 0. The van der Waals surface area contributed by atoms with Gasteiger partial charge in [-0.1, -0.05) is 37.3 Å². The van der Waals surface area contributed by atoms with Crippen LogP contribution in [0.15, 0.2) is 30.3 Å². The molecule has 2 heterocycles. The van der Waals surface area contributed by atoms with E-state index in [9.17, 15) is 9.59 Å². The highest BCUT2D eigenvalue weighted by Crippen LogP contribution is 2.17. The Labute approximate surface area is 150 Å². The summed E-state index contributed by atoms with van der Waals surface area (Å²) in [5.74, 6) is 0.542. The Morgan fingerprint density at radius 3 is 2.32 bits per heavy atom. The molecular formula is C20H29N3O2. The Hall–Kier alpha value is -1.88. The number of hydrogen-bond donors (Lipinski definition) is 0. The maximum absolute atomic E-state index is 12.5. The van der Waals surface area contributed by atoms with Crippen LogP contribution in [0.2, 0.25) is 0 Å². The minimum Gasteiger partial charge on any atom is -0.342 e. The molecule has 0 N–H and O–H groups in total. The molecule has 2 fully saturated rings. The van der Waals surface area contributed by atoms with Crippen molar-refractivity contribution in [1.82, 2.24) is 14.7 Å². The van der Waals surface area contributed by atoms with Crippen molar-refractivity contribution in [3.8, 4) is 0 Å². The van der Waals surface area contributed by atoms with Crippen LogP contribution in [0.4, 0.5) is 0 Å². The van der Waals surface area contributed by atoms with E-state index in [-0.39, 0.29) is 18.2 Å². The lowest BCUT2D eigenvalue weighted by Gasteiger charge is -2.35. The molecule has 0 radical (unpaired) electrons. The lowest BCUT2D eigenvalue weighted by Crippen LogP contribution is -2.49. The lowest BCUT2D eigenvalue weighted by molar-refractivity contribution is -0.142. The van der Waals surface area contributed by atoms with Gasteiger partial charge in [0.25, 0.3) is 0 Å². The minimum atomic E-state index is -0.0115. The normalized spacial score (nSPS) is 22.0. The number of amides is 2. The number of piperazine rings is 1. The van der Waals surface area contributed by atoms with E-state index < -0.39 is 0 Å². The summed E-state index contributed by atoms with van der Waals surface area (Å²) >= 11 is 0. The number of benzene rings is 1. The van der Waals surface area contributed by atoms with E-state index >= 15 is 0 Å². The van der Waals surface area contributed by atoms with Crippen LogP contribution in [0.5, 0.6) is 0 Å². The third kappa shape index (κ3) is 5.05. The topological polar surface area (TPSA) is 43.9 Å². The van der Waals surface area contributed by atoms with Gasteiger partial charge in [0.2, 0.25) is 11.8 Å². The van der Waals surface area contributed by atoms with Gasteiger partial charge in [-0.25, -0.2) is 0 Å². The van der Waals surface area contributed by atoms with Gasteiger partial charge in [0.05, 0.1) is 0 Å². The first-order valence-electron chi connectivity index (χ1n) is 9.43. The van der Waals surface area contributed by atoms with E-state index in [0.29, 0.717) is 5.92 Å². The Morgan fingerprint density at radius 2 is 1.64 bits per heavy atom. The van der Waals surface area contributed by atoms with Gasteiger partial charge in [-0.3, -0.25) is 14.5 Å². The van der Waals surface area contributed by atoms with Crippen molar-refractivity contribution in [3.05, 3.63) is 35.9 Å². The minimum absolute atomic E-state index is 0.00302. The van der Waals surface area contributed by atoms with E-state index in [1.807, 2.05) is 15.9 Å². The highest BCUT2D eigenvalue weighted by atomic mass is 16.2. The average molecular weight is 343 g/mol. The van der Waals surface area contributed by atoms with Crippen LogP contribution in [0.1, 0.15) is 31.7 Å². The summed E-state index contributed by atoms with van der Waals surface area (Å²) in [6.07, 6.45) is 2.27. The van der Waals surface area contributed by atoms with Gasteiger partial charge in [0.15, 0.2) is 0 Å². The van der Waals surface area contributed by atoms with Crippen LogP contribution in [0.25, 0.3) is 0 Å². The number of hydrogen-bond acceptors (Lipinski definition) is 3. The Balaban J connectivity index is 1.43. The molecule has 2 saturated heterocycles. The fourth-order valence-electron chi connectivity index (χ4n) is 3.77. The molecule has 5 heteroatoms.